The maximum Gasteiger partial charge on any atom is -0.0128 e. The van der Waals surface area contributed by atoms with Gasteiger partial charge in [0.2, 0.25) is 0 Å². The molecule has 0 aromatic rings. The molecule has 3 aliphatic carbocycles. The molecule has 0 aromatic carbocycles. The molecule has 4 unspecified atom stereocenters. The molecule has 0 N–H and O–H groups in total. The molecular weight excluding hydrogens is 144 g/mol. The van der Waals surface area contributed by atoms with Crippen LogP contribution in [0.2, 0.25) is 0 Å². The highest BCUT2D eigenvalue weighted by molar-refractivity contribution is 5.47. The number of hydrogen-bond acceptors (Lipinski definition) is 0. The predicted octanol–water partition coefficient (Wildman–Crippen LogP) is 3.16. The molecule has 0 saturated heterocycles. The fourth-order valence-electron chi connectivity index (χ4n) is 3.54. The molecule has 0 aliphatic heterocycles. The van der Waals surface area contributed by atoms with Crippen LogP contribution < -0.4 is 0 Å². The van der Waals surface area contributed by atoms with Crippen molar-refractivity contribution >= 4 is 0 Å². The normalized spacial score (nSPS) is 49.2. The Morgan fingerprint density at radius 1 is 1.00 bits per heavy atom. The summed E-state index contributed by atoms with van der Waals surface area (Å²) in [4.78, 5) is 0. The van der Waals surface area contributed by atoms with Crippen molar-refractivity contribution in [3.05, 3.63) is 23.3 Å². The van der Waals surface area contributed by atoms with Crippen molar-refractivity contribution in [1.82, 2.24) is 0 Å². The number of rotatable bonds is 0. The first-order chi connectivity index (χ1) is 5.79. The van der Waals surface area contributed by atoms with Gasteiger partial charge in [-0.2, -0.15) is 0 Å². The summed E-state index contributed by atoms with van der Waals surface area (Å²) in [6.45, 7) is 4.87. The van der Waals surface area contributed by atoms with Crippen molar-refractivity contribution in [2.45, 2.75) is 26.7 Å². The van der Waals surface area contributed by atoms with Gasteiger partial charge in [0.25, 0.3) is 0 Å². The Morgan fingerprint density at radius 2 is 1.50 bits per heavy atom. The maximum absolute atomic E-state index is 2.46. The Hall–Kier alpha value is -0.520. The van der Waals surface area contributed by atoms with Gasteiger partial charge in [-0.3, -0.25) is 0 Å². The van der Waals surface area contributed by atoms with Gasteiger partial charge < -0.3 is 0 Å². The molecule has 12 heavy (non-hydrogen) atoms. The monoisotopic (exact) mass is 160 g/mol. The molecule has 3 rings (SSSR count). The van der Waals surface area contributed by atoms with E-state index in [4.69, 9.17) is 0 Å². The minimum absolute atomic E-state index is 0.929. The van der Waals surface area contributed by atoms with E-state index in [0.29, 0.717) is 0 Å². The quantitative estimate of drug-likeness (QED) is 0.510. The average Bonchev–Trinajstić information content (AvgIpc) is 2.63. The summed E-state index contributed by atoms with van der Waals surface area (Å²) in [5, 5.41) is 0. The molecule has 2 fully saturated rings. The number of fused-ring (bicyclic) bond motifs is 5. The van der Waals surface area contributed by atoms with Crippen LogP contribution in [-0.4, -0.2) is 0 Å². The molecule has 64 valence electrons. The van der Waals surface area contributed by atoms with Crippen LogP contribution in [0.4, 0.5) is 0 Å². The second-order valence-corrected chi connectivity index (χ2v) is 4.72. The average molecular weight is 160 g/mol. The number of hydrogen-bond donors (Lipinski definition) is 0. The van der Waals surface area contributed by atoms with Crippen LogP contribution in [0.3, 0.4) is 0 Å². The summed E-state index contributed by atoms with van der Waals surface area (Å²) < 4.78 is 0. The van der Waals surface area contributed by atoms with Crippen molar-refractivity contribution in [3.63, 3.8) is 0 Å². The Morgan fingerprint density at radius 3 is 2.00 bits per heavy atom. The van der Waals surface area contributed by atoms with E-state index >= 15 is 0 Å². The first-order valence-corrected chi connectivity index (χ1v) is 5.19. The van der Waals surface area contributed by atoms with Crippen LogP contribution in [0.5, 0.6) is 0 Å². The van der Waals surface area contributed by atoms with Crippen LogP contribution in [0.25, 0.3) is 0 Å². The van der Waals surface area contributed by atoms with E-state index in [1.54, 1.807) is 11.1 Å². The molecule has 0 radical (unpaired) electrons. The third kappa shape index (κ3) is 0.608. The molecule has 2 saturated carbocycles. The smallest absolute Gasteiger partial charge is 0.0128 e. The van der Waals surface area contributed by atoms with Gasteiger partial charge in [-0.05, 0) is 47.7 Å². The molecule has 0 heteroatoms. The zero-order valence-electron chi connectivity index (χ0n) is 7.88. The lowest BCUT2D eigenvalue weighted by Gasteiger charge is -2.27. The van der Waals surface area contributed by atoms with E-state index in [0.717, 1.165) is 23.7 Å². The van der Waals surface area contributed by atoms with Crippen molar-refractivity contribution in [2.24, 2.45) is 23.7 Å². The highest BCUT2D eigenvalue weighted by Crippen LogP contribution is 2.59. The molecule has 0 nitrogen and oxygen atoms in total. The summed E-state index contributed by atoms with van der Waals surface area (Å²) in [6.07, 6.45) is 7.60. The Balaban J connectivity index is 2.08. The molecule has 0 heterocycles. The summed E-state index contributed by atoms with van der Waals surface area (Å²) in [5.41, 5.74) is 3.45. The SMILES string of the molecule is CC1C2CC(C3=CCC=C32)C1C. The van der Waals surface area contributed by atoms with Crippen LogP contribution >= 0.6 is 0 Å². The molecule has 3 aliphatic rings. The van der Waals surface area contributed by atoms with Crippen LogP contribution in [0.15, 0.2) is 23.3 Å². The van der Waals surface area contributed by atoms with E-state index in [-0.39, 0.29) is 0 Å². The standard InChI is InChI=1S/C12H16/c1-7-8(2)12-6-11(7)9-4-3-5-10(9)12/h4-5,7-8,11-12H,3,6H2,1-2H3. The van der Waals surface area contributed by atoms with Gasteiger partial charge in [0, 0.05) is 0 Å². The van der Waals surface area contributed by atoms with Gasteiger partial charge in [0.05, 0.1) is 0 Å². The first kappa shape index (κ1) is 6.94. The number of allylic oxidation sites excluding steroid dienone is 4. The van der Waals surface area contributed by atoms with Crippen molar-refractivity contribution in [3.8, 4) is 0 Å². The van der Waals surface area contributed by atoms with E-state index in [9.17, 15) is 0 Å². The van der Waals surface area contributed by atoms with Gasteiger partial charge in [0.15, 0.2) is 0 Å². The summed E-state index contributed by atoms with van der Waals surface area (Å²) >= 11 is 0. The van der Waals surface area contributed by atoms with Crippen LogP contribution in [0, 0.1) is 23.7 Å². The van der Waals surface area contributed by atoms with E-state index in [2.05, 4.69) is 26.0 Å². The summed E-state index contributed by atoms with van der Waals surface area (Å²) in [5.74, 6) is 3.74. The Labute approximate surface area is 74.4 Å². The highest BCUT2D eigenvalue weighted by atomic mass is 14.5. The molecule has 0 amide bonds. The van der Waals surface area contributed by atoms with Gasteiger partial charge in [0.1, 0.15) is 0 Å². The van der Waals surface area contributed by atoms with Gasteiger partial charge >= 0.3 is 0 Å². The highest BCUT2D eigenvalue weighted by Gasteiger charge is 2.49. The van der Waals surface area contributed by atoms with Gasteiger partial charge in [-0.15, -0.1) is 0 Å². The first-order valence-electron chi connectivity index (χ1n) is 5.19. The van der Waals surface area contributed by atoms with Crippen molar-refractivity contribution < 1.29 is 0 Å². The maximum atomic E-state index is 2.46. The lowest BCUT2D eigenvalue weighted by atomic mass is 9.77. The molecule has 2 bridgehead atoms. The zero-order valence-corrected chi connectivity index (χ0v) is 7.88. The third-order valence-corrected chi connectivity index (χ3v) is 4.41. The molecular formula is C12H16. The summed E-state index contributed by atoms with van der Waals surface area (Å²) in [7, 11) is 0. The summed E-state index contributed by atoms with van der Waals surface area (Å²) in [6, 6.07) is 0. The lowest BCUT2D eigenvalue weighted by molar-refractivity contribution is 0.344. The Bertz CT molecular complexity index is 254. The van der Waals surface area contributed by atoms with Gasteiger partial charge in [-0.1, -0.05) is 26.0 Å². The van der Waals surface area contributed by atoms with E-state index in [1.165, 1.54) is 12.8 Å². The fourth-order valence-corrected chi connectivity index (χ4v) is 3.54. The third-order valence-electron chi connectivity index (χ3n) is 4.41. The minimum Gasteiger partial charge on any atom is -0.0769 e. The van der Waals surface area contributed by atoms with E-state index in [1.807, 2.05) is 0 Å². The molecule has 0 spiro atoms. The van der Waals surface area contributed by atoms with Gasteiger partial charge in [-0.25, -0.2) is 0 Å². The topological polar surface area (TPSA) is 0 Å². The van der Waals surface area contributed by atoms with Crippen molar-refractivity contribution in [1.29, 1.82) is 0 Å². The predicted molar refractivity (Wildman–Crippen MR) is 50.7 cm³/mol. The largest absolute Gasteiger partial charge is 0.0769 e. The van der Waals surface area contributed by atoms with E-state index < -0.39 is 0 Å². The fraction of sp³-hybridized carbons (Fsp3) is 0.667. The zero-order chi connectivity index (χ0) is 8.29. The molecule has 0 aromatic heterocycles. The van der Waals surface area contributed by atoms with Crippen LogP contribution in [0.1, 0.15) is 26.7 Å². The van der Waals surface area contributed by atoms with Crippen molar-refractivity contribution in [2.75, 3.05) is 0 Å². The second-order valence-electron chi connectivity index (χ2n) is 4.72. The lowest BCUT2D eigenvalue weighted by Crippen LogP contribution is -2.19. The second kappa shape index (κ2) is 2.04. The minimum atomic E-state index is 0.929. The Kier molecular flexibility index (Phi) is 1.18. The molecule has 4 atom stereocenters. The van der Waals surface area contributed by atoms with Crippen LogP contribution in [-0.2, 0) is 0 Å².